The molecule has 1 fully saturated rings. The summed E-state index contributed by atoms with van der Waals surface area (Å²) in [7, 11) is 0. The summed E-state index contributed by atoms with van der Waals surface area (Å²) in [6.45, 7) is 11.4. The van der Waals surface area contributed by atoms with E-state index in [1.165, 1.54) is 19.5 Å². The molecule has 0 aromatic carbocycles. The van der Waals surface area contributed by atoms with Crippen molar-refractivity contribution in [1.29, 1.82) is 0 Å². The van der Waals surface area contributed by atoms with Crippen molar-refractivity contribution in [1.82, 2.24) is 14.9 Å². The number of aromatic nitrogens is 2. The Morgan fingerprint density at radius 1 is 1.40 bits per heavy atom. The second-order valence-electron chi connectivity index (χ2n) is 5.45. The van der Waals surface area contributed by atoms with E-state index < -0.39 is 0 Å². The second-order valence-corrected chi connectivity index (χ2v) is 5.45. The molecular weight excluding hydrogens is 252 g/mol. The van der Waals surface area contributed by atoms with Gasteiger partial charge in [0.05, 0.1) is 6.61 Å². The Labute approximate surface area is 121 Å². The molecule has 0 aliphatic carbocycles. The quantitative estimate of drug-likeness (QED) is 0.829. The highest BCUT2D eigenvalue weighted by atomic mass is 16.5. The molecule has 1 aromatic heterocycles. The van der Waals surface area contributed by atoms with Crippen molar-refractivity contribution < 1.29 is 4.74 Å². The molecule has 0 amide bonds. The van der Waals surface area contributed by atoms with Crippen LogP contribution in [-0.4, -0.2) is 47.7 Å². The second kappa shape index (κ2) is 7.43. The Kier molecular flexibility index (Phi) is 5.59. The van der Waals surface area contributed by atoms with Gasteiger partial charge in [-0.3, -0.25) is 0 Å². The lowest BCUT2D eigenvalue weighted by molar-refractivity contribution is 0.305. The van der Waals surface area contributed by atoms with Gasteiger partial charge in [0.25, 0.3) is 0 Å². The van der Waals surface area contributed by atoms with Crippen LogP contribution in [0.5, 0.6) is 5.88 Å². The van der Waals surface area contributed by atoms with Gasteiger partial charge in [-0.1, -0.05) is 13.8 Å². The number of nitrogens with zero attached hydrogens (tertiary/aromatic N) is 3. The van der Waals surface area contributed by atoms with Crippen LogP contribution < -0.4 is 10.1 Å². The fraction of sp³-hybridized carbons (Fsp3) is 0.733. The Balaban J connectivity index is 1.87. The van der Waals surface area contributed by atoms with Gasteiger partial charge in [-0.15, -0.1) is 0 Å². The topological polar surface area (TPSA) is 50.3 Å². The van der Waals surface area contributed by atoms with Crippen LogP contribution in [0.4, 0.5) is 5.95 Å². The predicted molar refractivity (Wildman–Crippen MR) is 81.3 cm³/mol. The van der Waals surface area contributed by atoms with E-state index in [4.69, 9.17) is 4.74 Å². The van der Waals surface area contributed by atoms with E-state index >= 15 is 0 Å². The van der Waals surface area contributed by atoms with Gasteiger partial charge in [-0.25, -0.2) is 4.98 Å². The molecular formula is C15H26N4O. The predicted octanol–water partition coefficient (Wildman–Crippen LogP) is 2.33. The van der Waals surface area contributed by atoms with Crippen LogP contribution in [0.2, 0.25) is 0 Å². The van der Waals surface area contributed by atoms with E-state index in [0.717, 1.165) is 25.2 Å². The van der Waals surface area contributed by atoms with Gasteiger partial charge in [-0.05, 0) is 38.8 Å². The number of rotatable bonds is 7. The van der Waals surface area contributed by atoms with Gasteiger partial charge in [0.15, 0.2) is 0 Å². The molecule has 1 saturated heterocycles. The summed E-state index contributed by atoms with van der Waals surface area (Å²) in [5.74, 6) is 2.05. The van der Waals surface area contributed by atoms with Crippen LogP contribution in [0.1, 0.15) is 32.4 Å². The number of hydrogen-bond acceptors (Lipinski definition) is 5. The highest BCUT2D eigenvalue weighted by Gasteiger charge is 2.21. The lowest BCUT2D eigenvalue weighted by Crippen LogP contribution is -2.23. The number of likely N-dealkylation sites (tertiary alicyclic amines) is 1. The first kappa shape index (κ1) is 15.0. The molecule has 1 N–H and O–H groups in total. The van der Waals surface area contributed by atoms with Crippen LogP contribution >= 0.6 is 0 Å². The lowest BCUT2D eigenvalue weighted by atomic mass is 10.1. The summed E-state index contributed by atoms with van der Waals surface area (Å²) < 4.78 is 5.58. The van der Waals surface area contributed by atoms with Gasteiger partial charge < -0.3 is 15.0 Å². The fourth-order valence-electron chi connectivity index (χ4n) is 2.50. The maximum Gasteiger partial charge on any atom is 0.226 e. The normalized spacial score (nSPS) is 19.2. The highest BCUT2D eigenvalue weighted by molar-refractivity contribution is 5.30. The van der Waals surface area contributed by atoms with Crippen molar-refractivity contribution >= 4 is 5.95 Å². The van der Waals surface area contributed by atoms with E-state index in [1.54, 1.807) is 0 Å². The molecule has 5 heteroatoms. The summed E-state index contributed by atoms with van der Waals surface area (Å²) in [5.41, 5.74) is 0.940. The lowest BCUT2D eigenvalue weighted by Gasteiger charge is -2.14. The monoisotopic (exact) mass is 278 g/mol. The molecule has 1 aliphatic rings. The molecule has 1 aliphatic heterocycles. The van der Waals surface area contributed by atoms with Gasteiger partial charge in [0.1, 0.15) is 0 Å². The first-order valence-corrected chi connectivity index (χ1v) is 7.66. The SMILES string of the molecule is CCCOc1cc(C)nc(NCC2CCN(CC)C2)n1. The van der Waals surface area contributed by atoms with Crippen LogP contribution in [0.25, 0.3) is 0 Å². The first-order chi connectivity index (χ1) is 9.71. The molecule has 0 radical (unpaired) electrons. The maximum absolute atomic E-state index is 5.58. The molecule has 0 bridgehead atoms. The molecule has 2 rings (SSSR count). The average molecular weight is 278 g/mol. The smallest absolute Gasteiger partial charge is 0.226 e. The van der Waals surface area contributed by atoms with Gasteiger partial charge in [0.2, 0.25) is 11.8 Å². The van der Waals surface area contributed by atoms with E-state index in [0.29, 0.717) is 24.4 Å². The Morgan fingerprint density at radius 2 is 2.25 bits per heavy atom. The van der Waals surface area contributed by atoms with Crippen LogP contribution in [0.3, 0.4) is 0 Å². The molecule has 1 aromatic rings. The minimum absolute atomic E-state index is 0.670. The van der Waals surface area contributed by atoms with Crippen molar-refractivity contribution in [3.8, 4) is 5.88 Å². The molecule has 0 spiro atoms. The van der Waals surface area contributed by atoms with Gasteiger partial charge in [0, 0.05) is 24.8 Å². The summed E-state index contributed by atoms with van der Waals surface area (Å²) >= 11 is 0. The molecule has 1 unspecified atom stereocenters. The standard InChI is InChI=1S/C15H26N4O/c1-4-8-20-14-9-12(3)17-15(18-14)16-10-13-6-7-19(5-2)11-13/h9,13H,4-8,10-11H2,1-3H3,(H,16,17,18). The van der Waals surface area contributed by atoms with Crippen molar-refractivity contribution in [2.75, 3.05) is 38.1 Å². The molecule has 20 heavy (non-hydrogen) atoms. The number of aryl methyl sites for hydroxylation is 1. The number of anilines is 1. The first-order valence-electron chi connectivity index (χ1n) is 7.66. The molecule has 0 saturated carbocycles. The maximum atomic E-state index is 5.58. The summed E-state index contributed by atoms with van der Waals surface area (Å²) in [6, 6.07) is 1.88. The zero-order chi connectivity index (χ0) is 14.4. The highest BCUT2D eigenvalue weighted by Crippen LogP contribution is 2.17. The van der Waals surface area contributed by atoms with E-state index in [2.05, 4.69) is 34.0 Å². The third-order valence-corrected chi connectivity index (χ3v) is 3.65. The van der Waals surface area contributed by atoms with Crippen molar-refractivity contribution in [2.24, 2.45) is 5.92 Å². The number of nitrogens with one attached hydrogen (secondary N) is 1. The summed E-state index contributed by atoms with van der Waals surface area (Å²) in [6.07, 6.45) is 2.24. The molecule has 2 heterocycles. The minimum Gasteiger partial charge on any atom is -0.478 e. The fourth-order valence-corrected chi connectivity index (χ4v) is 2.50. The zero-order valence-electron chi connectivity index (χ0n) is 12.9. The van der Waals surface area contributed by atoms with E-state index in [-0.39, 0.29) is 0 Å². The van der Waals surface area contributed by atoms with E-state index in [9.17, 15) is 0 Å². The van der Waals surface area contributed by atoms with Gasteiger partial charge in [-0.2, -0.15) is 4.98 Å². The zero-order valence-corrected chi connectivity index (χ0v) is 12.9. The Bertz CT molecular complexity index is 424. The molecule has 1 atom stereocenters. The van der Waals surface area contributed by atoms with Crippen molar-refractivity contribution in [3.05, 3.63) is 11.8 Å². The van der Waals surface area contributed by atoms with Crippen LogP contribution in [0.15, 0.2) is 6.07 Å². The van der Waals surface area contributed by atoms with Crippen LogP contribution in [-0.2, 0) is 0 Å². The van der Waals surface area contributed by atoms with Gasteiger partial charge >= 0.3 is 0 Å². The summed E-state index contributed by atoms with van der Waals surface area (Å²) in [5, 5.41) is 3.36. The van der Waals surface area contributed by atoms with Crippen molar-refractivity contribution in [3.63, 3.8) is 0 Å². The third-order valence-electron chi connectivity index (χ3n) is 3.65. The average Bonchev–Trinajstić information content (AvgIpc) is 2.90. The summed E-state index contributed by atoms with van der Waals surface area (Å²) in [4.78, 5) is 11.3. The van der Waals surface area contributed by atoms with Crippen LogP contribution in [0, 0.1) is 12.8 Å². The number of hydrogen-bond donors (Lipinski definition) is 1. The molecule has 5 nitrogen and oxygen atoms in total. The largest absolute Gasteiger partial charge is 0.478 e. The minimum atomic E-state index is 0.670. The third kappa shape index (κ3) is 4.34. The Morgan fingerprint density at radius 3 is 2.95 bits per heavy atom. The van der Waals surface area contributed by atoms with E-state index in [1.807, 2.05) is 13.0 Å². The number of ether oxygens (including phenoxy) is 1. The Hall–Kier alpha value is -1.36. The van der Waals surface area contributed by atoms with Crippen molar-refractivity contribution in [2.45, 2.75) is 33.6 Å². The molecule has 112 valence electrons.